The summed E-state index contributed by atoms with van der Waals surface area (Å²) in [7, 11) is 0. The van der Waals surface area contributed by atoms with Gasteiger partial charge in [0.25, 0.3) is 0 Å². The number of hydrogen-bond donors (Lipinski definition) is 2. The Bertz CT molecular complexity index is 345. The van der Waals surface area contributed by atoms with Gasteiger partial charge < -0.3 is 16.0 Å². The van der Waals surface area contributed by atoms with Crippen LogP contribution < -0.4 is 11.1 Å². The average Bonchev–Trinajstić information content (AvgIpc) is 2.40. The molecular formula is C14H26ClN3O2. The van der Waals surface area contributed by atoms with E-state index in [2.05, 4.69) is 12.2 Å². The van der Waals surface area contributed by atoms with Crippen LogP contribution in [0.4, 0.5) is 0 Å². The van der Waals surface area contributed by atoms with Crippen LogP contribution in [0.15, 0.2) is 0 Å². The van der Waals surface area contributed by atoms with Gasteiger partial charge >= 0.3 is 0 Å². The van der Waals surface area contributed by atoms with E-state index < -0.39 is 0 Å². The molecule has 0 radical (unpaired) electrons. The van der Waals surface area contributed by atoms with E-state index in [-0.39, 0.29) is 36.2 Å². The van der Waals surface area contributed by atoms with Crippen LogP contribution in [-0.4, -0.2) is 42.4 Å². The molecule has 0 aromatic carbocycles. The summed E-state index contributed by atoms with van der Waals surface area (Å²) in [6.07, 6.45) is 4.47. The van der Waals surface area contributed by atoms with Crippen LogP contribution in [-0.2, 0) is 9.59 Å². The van der Waals surface area contributed by atoms with Gasteiger partial charge in [0.1, 0.15) is 0 Å². The van der Waals surface area contributed by atoms with Crippen molar-refractivity contribution in [2.24, 2.45) is 17.6 Å². The third-order valence-corrected chi connectivity index (χ3v) is 4.53. The molecule has 2 atom stereocenters. The fourth-order valence-electron chi connectivity index (χ4n) is 3.14. The highest BCUT2D eigenvalue weighted by atomic mass is 35.5. The average molecular weight is 304 g/mol. The summed E-state index contributed by atoms with van der Waals surface area (Å²) in [5.41, 5.74) is 5.37. The minimum absolute atomic E-state index is 0. The van der Waals surface area contributed by atoms with Gasteiger partial charge in [0.2, 0.25) is 11.8 Å². The van der Waals surface area contributed by atoms with Gasteiger partial charge in [0.05, 0.1) is 5.92 Å². The molecule has 0 aliphatic carbocycles. The molecular weight excluding hydrogens is 278 g/mol. The van der Waals surface area contributed by atoms with Crippen molar-refractivity contribution in [2.75, 3.05) is 19.6 Å². The number of amides is 2. The number of nitrogens with zero attached hydrogens (tertiary/aromatic N) is 1. The van der Waals surface area contributed by atoms with E-state index in [1.54, 1.807) is 0 Å². The summed E-state index contributed by atoms with van der Waals surface area (Å²) in [6.45, 7) is 4.60. The number of nitrogens with two attached hydrogens (primary N) is 1. The van der Waals surface area contributed by atoms with Crippen LogP contribution in [0.1, 0.15) is 39.0 Å². The summed E-state index contributed by atoms with van der Waals surface area (Å²) >= 11 is 0. The molecule has 2 saturated heterocycles. The lowest BCUT2D eigenvalue weighted by Gasteiger charge is -2.38. The monoisotopic (exact) mass is 303 g/mol. The van der Waals surface area contributed by atoms with Crippen molar-refractivity contribution >= 4 is 24.2 Å². The van der Waals surface area contributed by atoms with Crippen molar-refractivity contribution in [1.82, 2.24) is 10.2 Å². The van der Waals surface area contributed by atoms with Gasteiger partial charge in [-0.25, -0.2) is 0 Å². The van der Waals surface area contributed by atoms with Crippen LogP contribution in [0.2, 0.25) is 0 Å². The molecule has 2 unspecified atom stereocenters. The lowest BCUT2D eigenvalue weighted by atomic mass is 9.90. The van der Waals surface area contributed by atoms with Crippen molar-refractivity contribution in [3.63, 3.8) is 0 Å². The summed E-state index contributed by atoms with van der Waals surface area (Å²) < 4.78 is 0. The molecule has 0 bridgehead atoms. The molecule has 0 saturated carbocycles. The molecule has 2 heterocycles. The Morgan fingerprint density at radius 3 is 2.45 bits per heavy atom. The molecule has 2 amide bonds. The molecule has 2 aliphatic heterocycles. The third kappa shape index (κ3) is 4.35. The van der Waals surface area contributed by atoms with Crippen molar-refractivity contribution in [3.05, 3.63) is 0 Å². The van der Waals surface area contributed by atoms with Crippen molar-refractivity contribution in [3.8, 4) is 0 Å². The summed E-state index contributed by atoms with van der Waals surface area (Å²) in [4.78, 5) is 25.6. The summed E-state index contributed by atoms with van der Waals surface area (Å²) in [5, 5.41) is 3.31. The zero-order chi connectivity index (χ0) is 13.8. The predicted molar refractivity (Wildman–Crippen MR) is 80.6 cm³/mol. The van der Waals surface area contributed by atoms with Crippen LogP contribution in [0, 0.1) is 11.8 Å². The van der Waals surface area contributed by atoms with E-state index in [0.29, 0.717) is 18.9 Å². The van der Waals surface area contributed by atoms with Crippen molar-refractivity contribution < 1.29 is 9.59 Å². The second-order valence-electron chi connectivity index (χ2n) is 5.97. The molecule has 0 spiro atoms. The molecule has 0 aromatic heterocycles. The van der Waals surface area contributed by atoms with Crippen molar-refractivity contribution in [1.29, 1.82) is 0 Å². The van der Waals surface area contributed by atoms with Crippen LogP contribution in [0.5, 0.6) is 0 Å². The lowest BCUT2D eigenvalue weighted by molar-refractivity contribution is -0.138. The van der Waals surface area contributed by atoms with Gasteiger partial charge in [-0.15, -0.1) is 12.4 Å². The molecule has 0 aromatic rings. The van der Waals surface area contributed by atoms with Gasteiger partial charge in [-0.3, -0.25) is 9.59 Å². The smallest absolute Gasteiger partial charge is 0.223 e. The fraction of sp³-hybridized carbons (Fsp3) is 0.857. The molecule has 20 heavy (non-hydrogen) atoms. The number of halogens is 1. The number of likely N-dealkylation sites (tertiary alicyclic amines) is 1. The second kappa shape index (κ2) is 7.84. The number of carbonyl (C=O) groups excluding carboxylic acids is 2. The molecule has 2 fully saturated rings. The number of piperidine rings is 2. The zero-order valence-corrected chi connectivity index (χ0v) is 13.0. The van der Waals surface area contributed by atoms with Crippen LogP contribution in [0.3, 0.4) is 0 Å². The SMILES string of the molecule is CC1CCC(C(N)=O)CN1C(=O)CC1CCNCC1.Cl. The quantitative estimate of drug-likeness (QED) is 0.814. The summed E-state index contributed by atoms with van der Waals surface area (Å²) in [5.74, 6) is 0.264. The minimum atomic E-state index is -0.272. The highest BCUT2D eigenvalue weighted by Gasteiger charge is 2.32. The van der Waals surface area contributed by atoms with E-state index in [0.717, 1.165) is 38.8 Å². The van der Waals surface area contributed by atoms with E-state index >= 15 is 0 Å². The molecule has 6 heteroatoms. The maximum atomic E-state index is 12.4. The van der Waals surface area contributed by atoms with Gasteiger partial charge in [-0.2, -0.15) is 0 Å². The third-order valence-electron chi connectivity index (χ3n) is 4.53. The Balaban J connectivity index is 0.00000200. The first kappa shape index (κ1) is 17.2. The zero-order valence-electron chi connectivity index (χ0n) is 12.1. The Kier molecular flexibility index (Phi) is 6.76. The van der Waals surface area contributed by atoms with E-state index in [4.69, 9.17) is 5.73 Å². The second-order valence-corrected chi connectivity index (χ2v) is 5.97. The summed E-state index contributed by atoms with van der Waals surface area (Å²) in [6, 6.07) is 0.241. The molecule has 2 aliphatic rings. The first-order valence-electron chi connectivity index (χ1n) is 7.37. The topological polar surface area (TPSA) is 75.4 Å². The maximum absolute atomic E-state index is 12.4. The van der Waals surface area contributed by atoms with Gasteiger partial charge in [0, 0.05) is 19.0 Å². The fourth-order valence-corrected chi connectivity index (χ4v) is 3.14. The normalized spacial score (nSPS) is 27.8. The standard InChI is InChI=1S/C14H25N3O2.ClH/c1-10-2-3-12(14(15)19)9-17(10)13(18)8-11-4-6-16-7-5-11;/h10-12,16H,2-9H2,1H3,(H2,15,19);1H. The molecule has 2 rings (SSSR count). The first-order chi connectivity index (χ1) is 9.08. The number of rotatable bonds is 3. The number of hydrogen-bond acceptors (Lipinski definition) is 3. The predicted octanol–water partition coefficient (Wildman–Crippen LogP) is 0.910. The van der Waals surface area contributed by atoms with Gasteiger partial charge in [-0.1, -0.05) is 0 Å². The first-order valence-corrected chi connectivity index (χ1v) is 7.37. The van der Waals surface area contributed by atoms with Crippen LogP contribution in [0.25, 0.3) is 0 Å². The highest BCUT2D eigenvalue weighted by molar-refractivity contribution is 5.85. The highest BCUT2D eigenvalue weighted by Crippen LogP contribution is 2.25. The number of carbonyl (C=O) groups is 2. The maximum Gasteiger partial charge on any atom is 0.223 e. The van der Waals surface area contributed by atoms with Gasteiger partial charge in [0.15, 0.2) is 0 Å². The van der Waals surface area contributed by atoms with E-state index in [1.165, 1.54) is 0 Å². The number of nitrogens with one attached hydrogen (secondary N) is 1. The molecule has 116 valence electrons. The molecule has 5 nitrogen and oxygen atoms in total. The molecule has 3 N–H and O–H groups in total. The van der Waals surface area contributed by atoms with E-state index in [1.807, 2.05) is 4.90 Å². The van der Waals surface area contributed by atoms with Gasteiger partial charge in [-0.05, 0) is 51.6 Å². The Hall–Kier alpha value is -0.810. The number of primary amides is 1. The van der Waals surface area contributed by atoms with Crippen molar-refractivity contribution in [2.45, 2.75) is 45.1 Å². The lowest BCUT2D eigenvalue weighted by Crippen LogP contribution is -2.49. The Morgan fingerprint density at radius 2 is 1.85 bits per heavy atom. The Labute approximate surface area is 127 Å². The van der Waals surface area contributed by atoms with Crippen LogP contribution >= 0.6 is 12.4 Å². The Morgan fingerprint density at radius 1 is 1.20 bits per heavy atom. The largest absolute Gasteiger partial charge is 0.369 e. The van der Waals surface area contributed by atoms with E-state index in [9.17, 15) is 9.59 Å². The minimum Gasteiger partial charge on any atom is -0.369 e.